The normalized spacial score (nSPS) is 26.6. The predicted octanol–water partition coefficient (Wildman–Crippen LogP) is 3.29. The molecule has 1 nitrogen and oxygen atoms in total. The van der Waals surface area contributed by atoms with Crippen molar-refractivity contribution in [2.24, 2.45) is 5.73 Å². The standard InChI is InChI=1S/C14H21N/c1-10-3-4-11(2)14(9-10)12-5-7-13(15)8-6-12/h3-4,9,12-13H,5-8,15H2,1-2H3. The maximum absolute atomic E-state index is 5.94. The minimum atomic E-state index is 0.450. The molecule has 1 heteroatoms. The van der Waals surface area contributed by atoms with Crippen molar-refractivity contribution in [3.05, 3.63) is 34.9 Å². The Kier molecular flexibility index (Phi) is 3.11. The minimum Gasteiger partial charge on any atom is -0.328 e. The smallest absolute Gasteiger partial charge is 0.00392 e. The van der Waals surface area contributed by atoms with Gasteiger partial charge in [-0.2, -0.15) is 0 Å². The summed E-state index contributed by atoms with van der Waals surface area (Å²) in [5.41, 5.74) is 10.3. The first-order valence-electron chi connectivity index (χ1n) is 5.99. The fourth-order valence-corrected chi connectivity index (χ4v) is 2.63. The van der Waals surface area contributed by atoms with Gasteiger partial charge in [0.15, 0.2) is 0 Å². The van der Waals surface area contributed by atoms with E-state index in [2.05, 4.69) is 32.0 Å². The second-order valence-electron chi connectivity index (χ2n) is 4.97. The summed E-state index contributed by atoms with van der Waals surface area (Å²) in [4.78, 5) is 0. The van der Waals surface area contributed by atoms with Crippen molar-refractivity contribution < 1.29 is 0 Å². The van der Waals surface area contributed by atoms with E-state index in [4.69, 9.17) is 5.73 Å². The molecule has 0 atom stereocenters. The summed E-state index contributed by atoms with van der Waals surface area (Å²) < 4.78 is 0. The molecule has 1 aromatic rings. The van der Waals surface area contributed by atoms with Crippen molar-refractivity contribution in [2.45, 2.75) is 51.5 Å². The molecule has 0 heterocycles. The van der Waals surface area contributed by atoms with Crippen molar-refractivity contribution in [1.29, 1.82) is 0 Å². The van der Waals surface area contributed by atoms with Crippen LogP contribution < -0.4 is 5.73 Å². The Morgan fingerprint density at radius 1 is 1.07 bits per heavy atom. The van der Waals surface area contributed by atoms with Crippen LogP contribution in [0.15, 0.2) is 18.2 Å². The van der Waals surface area contributed by atoms with Crippen molar-refractivity contribution >= 4 is 0 Å². The third kappa shape index (κ3) is 2.40. The fourth-order valence-electron chi connectivity index (χ4n) is 2.63. The molecule has 1 aliphatic carbocycles. The molecule has 0 amide bonds. The first-order valence-corrected chi connectivity index (χ1v) is 5.99. The molecule has 1 aromatic carbocycles. The summed E-state index contributed by atoms with van der Waals surface area (Å²) in [5.74, 6) is 0.754. The van der Waals surface area contributed by atoms with Crippen LogP contribution in [0.1, 0.15) is 48.3 Å². The topological polar surface area (TPSA) is 26.0 Å². The number of hydrogen-bond acceptors (Lipinski definition) is 1. The van der Waals surface area contributed by atoms with E-state index in [9.17, 15) is 0 Å². The van der Waals surface area contributed by atoms with Gasteiger partial charge in [-0.15, -0.1) is 0 Å². The van der Waals surface area contributed by atoms with Gasteiger partial charge in [0.1, 0.15) is 0 Å². The molecule has 2 N–H and O–H groups in total. The lowest BCUT2D eigenvalue weighted by Gasteiger charge is -2.27. The first kappa shape index (κ1) is 10.7. The third-order valence-electron chi connectivity index (χ3n) is 3.65. The number of benzene rings is 1. The second kappa shape index (κ2) is 4.36. The lowest BCUT2D eigenvalue weighted by atomic mass is 9.80. The molecule has 0 unspecified atom stereocenters. The lowest BCUT2D eigenvalue weighted by molar-refractivity contribution is 0.394. The number of hydrogen-bond donors (Lipinski definition) is 1. The van der Waals surface area contributed by atoms with Crippen molar-refractivity contribution in [3.63, 3.8) is 0 Å². The summed E-state index contributed by atoms with van der Waals surface area (Å²) >= 11 is 0. The van der Waals surface area contributed by atoms with Gasteiger partial charge in [-0.25, -0.2) is 0 Å². The van der Waals surface area contributed by atoms with Crippen LogP contribution in [-0.4, -0.2) is 6.04 Å². The highest BCUT2D eigenvalue weighted by molar-refractivity contribution is 5.33. The van der Waals surface area contributed by atoms with Gasteiger partial charge in [0.25, 0.3) is 0 Å². The lowest BCUT2D eigenvalue weighted by Crippen LogP contribution is -2.25. The van der Waals surface area contributed by atoms with Crippen LogP contribution >= 0.6 is 0 Å². The Morgan fingerprint density at radius 3 is 2.40 bits per heavy atom. The number of aryl methyl sites for hydroxylation is 2. The molecule has 0 bridgehead atoms. The van der Waals surface area contributed by atoms with Crippen molar-refractivity contribution in [2.75, 3.05) is 0 Å². The Hall–Kier alpha value is -0.820. The average molecular weight is 203 g/mol. The molecule has 15 heavy (non-hydrogen) atoms. The van der Waals surface area contributed by atoms with Gasteiger partial charge < -0.3 is 5.73 Å². The van der Waals surface area contributed by atoms with Gasteiger partial charge in [-0.1, -0.05) is 23.8 Å². The minimum absolute atomic E-state index is 0.450. The van der Waals surface area contributed by atoms with E-state index < -0.39 is 0 Å². The van der Waals surface area contributed by atoms with E-state index in [1.807, 2.05) is 0 Å². The Labute approximate surface area is 92.7 Å². The SMILES string of the molecule is Cc1ccc(C)c(C2CCC(N)CC2)c1. The van der Waals surface area contributed by atoms with Crippen molar-refractivity contribution in [1.82, 2.24) is 0 Å². The van der Waals surface area contributed by atoms with E-state index in [0.29, 0.717) is 6.04 Å². The highest BCUT2D eigenvalue weighted by Gasteiger charge is 2.20. The molecule has 1 aliphatic rings. The second-order valence-corrected chi connectivity index (χ2v) is 4.97. The third-order valence-corrected chi connectivity index (χ3v) is 3.65. The van der Waals surface area contributed by atoms with Crippen molar-refractivity contribution in [3.8, 4) is 0 Å². The first-order chi connectivity index (χ1) is 7.16. The van der Waals surface area contributed by atoms with Gasteiger partial charge >= 0.3 is 0 Å². The fraction of sp³-hybridized carbons (Fsp3) is 0.571. The molecule has 0 saturated heterocycles. The maximum Gasteiger partial charge on any atom is 0.00392 e. The van der Waals surface area contributed by atoms with Crippen LogP contribution in [0, 0.1) is 13.8 Å². The van der Waals surface area contributed by atoms with E-state index in [-0.39, 0.29) is 0 Å². The monoisotopic (exact) mass is 203 g/mol. The van der Waals surface area contributed by atoms with E-state index in [1.54, 1.807) is 5.56 Å². The summed E-state index contributed by atoms with van der Waals surface area (Å²) in [5, 5.41) is 0. The average Bonchev–Trinajstić information content (AvgIpc) is 2.23. The zero-order valence-corrected chi connectivity index (χ0v) is 9.79. The number of nitrogens with two attached hydrogens (primary N) is 1. The molecule has 82 valence electrons. The summed E-state index contributed by atoms with van der Waals surface area (Å²) in [7, 11) is 0. The summed E-state index contributed by atoms with van der Waals surface area (Å²) in [6.07, 6.45) is 4.92. The van der Waals surface area contributed by atoms with Crippen LogP contribution in [0.4, 0.5) is 0 Å². The molecule has 0 aliphatic heterocycles. The zero-order valence-electron chi connectivity index (χ0n) is 9.79. The molecule has 0 radical (unpaired) electrons. The molecular formula is C14H21N. The summed E-state index contributed by atoms with van der Waals surface area (Å²) in [6, 6.07) is 7.26. The molecule has 1 fully saturated rings. The van der Waals surface area contributed by atoms with Crippen LogP contribution in [-0.2, 0) is 0 Å². The Balaban J connectivity index is 2.18. The molecule has 1 saturated carbocycles. The van der Waals surface area contributed by atoms with Crippen LogP contribution in [0.5, 0.6) is 0 Å². The largest absolute Gasteiger partial charge is 0.328 e. The van der Waals surface area contributed by atoms with E-state index >= 15 is 0 Å². The molecular weight excluding hydrogens is 182 g/mol. The molecule has 0 aromatic heterocycles. The highest BCUT2D eigenvalue weighted by atomic mass is 14.6. The van der Waals surface area contributed by atoms with Gasteiger partial charge in [0.2, 0.25) is 0 Å². The van der Waals surface area contributed by atoms with Gasteiger partial charge in [-0.3, -0.25) is 0 Å². The quantitative estimate of drug-likeness (QED) is 0.744. The number of rotatable bonds is 1. The molecule has 0 spiro atoms. The van der Waals surface area contributed by atoms with Gasteiger partial charge in [0, 0.05) is 6.04 Å². The molecule has 2 rings (SSSR count). The van der Waals surface area contributed by atoms with Crippen LogP contribution in [0.3, 0.4) is 0 Å². The van der Waals surface area contributed by atoms with E-state index in [1.165, 1.54) is 36.8 Å². The Bertz CT molecular complexity index is 335. The maximum atomic E-state index is 5.94. The zero-order chi connectivity index (χ0) is 10.8. The van der Waals surface area contributed by atoms with Crippen LogP contribution in [0.2, 0.25) is 0 Å². The van der Waals surface area contributed by atoms with Crippen LogP contribution in [0.25, 0.3) is 0 Å². The summed E-state index contributed by atoms with van der Waals surface area (Å²) in [6.45, 7) is 4.40. The highest BCUT2D eigenvalue weighted by Crippen LogP contribution is 2.34. The van der Waals surface area contributed by atoms with E-state index in [0.717, 1.165) is 5.92 Å². The Morgan fingerprint density at radius 2 is 1.73 bits per heavy atom. The predicted molar refractivity (Wildman–Crippen MR) is 65.1 cm³/mol. The van der Waals surface area contributed by atoms with Gasteiger partial charge in [0.05, 0.1) is 0 Å². The van der Waals surface area contributed by atoms with Gasteiger partial charge in [-0.05, 0) is 56.6 Å².